The van der Waals surface area contributed by atoms with Crippen molar-refractivity contribution in [2.45, 2.75) is 26.3 Å². The molecular weight excluding hydrogens is 198 g/mol. The van der Waals surface area contributed by atoms with E-state index in [4.69, 9.17) is 0 Å². The molecule has 0 spiro atoms. The van der Waals surface area contributed by atoms with E-state index in [9.17, 15) is 0 Å². The molecule has 16 heavy (non-hydrogen) atoms. The van der Waals surface area contributed by atoms with Crippen molar-refractivity contribution in [2.75, 3.05) is 25.0 Å². The number of anilines is 1. The Bertz CT molecular complexity index is 338. The molecule has 1 saturated heterocycles. The third kappa shape index (κ3) is 2.35. The Hall–Kier alpha value is -1.09. The topological polar surface area (TPSA) is 28.2 Å². The van der Waals surface area contributed by atoms with E-state index in [2.05, 4.69) is 28.2 Å². The maximum absolute atomic E-state index is 4.53. The molecule has 1 aliphatic heterocycles. The van der Waals surface area contributed by atoms with E-state index in [0.717, 1.165) is 19.0 Å². The van der Waals surface area contributed by atoms with Gasteiger partial charge in [-0.25, -0.2) is 4.98 Å². The zero-order valence-electron chi connectivity index (χ0n) is 10.2. The van der Waals surface area contributed by atoms with Crippen LogP contribution in [0.2, 0.25) is 0 Å². The standard InChI is InChI=1S/C13H21N3/c1-3-11-6-8-16(10-11)13-12(9-14-2)5-4-7-15-13/h4-5,7,11,14H,3,6,8-10H2,1-2H3. The van der Waals surface area contributed by atoms with E-state index in [1.807, 2.05) is 19.3 Å². The lowest BCUT2D eigenvalue weighted by Gasteiger charge is -2.20. The minimum Gasteiger partial charge on any atom is -0.356 e. The zero-order valence-corrected chi connectivity index (χ0v) is 10.2. The van der Waals surface area contributed by atoms with Gasteiger partial charge in [-0.3, -0.25) is 0 Å². The maximum atomic E-state index is 4.53. The molecule has 0 bridgehead atoms. The number of aromatic nitrogens is 1. The zero-order chi connectivity index (χ0) is 11.4. The molecule has 1 aromatic rings. The molecule has 3 nitrogen and oxygen atoms in total. The van der Waals surface area contributed by atoms with Crippen LogP contribution in [0.3, 0.4) is 0 Å². The quantitative estimate of drug-likeness (QED) is 0.840. The fraction of sp³-hybridized carbons (Fsp3) is 0.615. The summed E-state index contributed by atoms with van der Waals surface area (Å²) in [6, 6.07) is 4.18. The monoisotopic (exact) mass is 219 g/mol. The molecular formula is C13H21N3. The molecule has 0 aliphatic carbocycles. The first-order valence-corrected chi connectivity index (χ1v) is 6.18. The summed E-state index contributed by atoms with van der Waals surface area (Å²) in [4.78, 5) is 6.97. The van der Waals surface area contributed by atoms with E-state index in [1.54, 1.807) is 0 Å². The molecule has 2 rings (SSSR count). The van der Waals surface area contributed by atoms with Crippen LogP contribution in [-0.2, 0) is 6.54 Å². The Balaban J connectivity index is 2.14. The largest absolute Gasteiger partial charge is 0.356 e. The van der Waals surface area contributed by atoms with Crippen LogP contribution in [0.15, 0.2) is 18.3 Å². The first-order chi connectivity index (χ1) is 7.85. The summed E-state index contributed by atoms with van der Waals surface area (Å²) in [7, 11) is 1.98. The van der Waals surface area contributed by atoms with Gasteiger partial charge in [0.15, 0.2) is 0 Å². The first kappa shape index (κ1) is 11.4. The molecule has 0 saturated carbocycles. The summed E-state index contributed by atoms with van der Waals surface area (Å²) in [6.07, 6.45) is 4.49. The molecule has 1 N–H and O–H groups in total. The van der Waals surface area contributed by atoms with Crippen LogP contribution in [0.4, 0.5) is 5.82 Å². The van der Waals surface area contributed by atoms with Gasteiger partial charge < -0.3 is 10.2 Å². The molecule has 88 valence electrons. The highest BCUT2D eigenvalue weighted by atomic mass is 15.2. The molecule has 0 aromatic carbocycles. The second-order valence-corrected chi connectivity index (χ2v) is 4.53. The van der Waals surface area contributed by atoms with Gasteiger partial charge in [-0.05, 0) is 25.5 Å². The summed E-state index contributed by atoms with van der Waals surface area (Å²) in [5, 5.41) is 3.21. The van der Waals surface area contributed by atoms with Crippen LogP contribution in [0, 0.1) is 5.92 Å². The van der Waals surface area contributed by atoms with Crippen LogP contribution in [0.5, 0.6) is 0 Å². The maximum Gasteiger partial charge on any atom is 0.133 e. The molecule has 1 fully saturated rings. The summed E-state index contributed by atoms with van der Waals surface area (Å²) < 4.78 is 0. The van der Waals surface area contributed by atoms with Gasteiger partial charge in [0.05, 0.1) is 0 Å². The minimum absolute atomic E-state index is 0.851. The van der Waals surface area contributed by atoms with Gasteiger partial charge in [-0.2, -0.15) is 0 Å². The van der Waals surface area contributed by atoms with Crippen molar-refractivity contribution in [1.82, 2.24) is 10.3 Å². The molecule has 3 heteroatoms. The van der Waals surface area contributed by atoms with Crippen molar-refractivity contribution in [3.63, 3.8) is 0 Å². The van der Waals surface area contributed by atoms with Gasteiger partial charge in [0.2, 0.25) is 0 Å². The number of nitrogens with one attached hydrogen (secondary N) is 1. The summed E-state index contributed by atoms with van der Waals surface area (Å²) >= 11 is 0. The van der Waals surface area contributed by atoms with Crippen LogP contribution in [0.25, 0.3) is 0 Å². The van der Waals surface area contributed by atoms with Crippen molar-refractivity contribution >= 4 is 5.82 Å². The Morgan fingerprint density at radius 3 is 3.12 bits per heavy atom. The number of pyridine rings is 1. The third-order valence-electron chi connectivity index (χ3n) is 3.40. The van der Waals surface area contributed by atoms with Gasteiger partial charge in [0, 0.05) is 31.4 Å². The van der Waals surface area contributed by atoms with Crippen molar-refractivity contribution < 1.29 is 0 Å². The molecule has 1 atom stereocenters. The van der Waals surface area contributed by atoms with Crippen molar-refractivity contribution in [3.05, 3.63) is 23.9 Å². The highest BCUT2D eigenvalue weighted by Gasteiger charge is 2.23. The van der Waals surface area contributed by atoms with Gasteiger partial charge in [-0.1, -0.05) is 19.4 Å². The molecule has 0 amide bonds. The smallest absolute Gasteiger partial charge is 0.133 e. The van der Waals surface area contributed by atoms with Crippen LogP contribution < -0.4 is 10.2 Å². The second kappa shape index (κ2) is 5.30. The fourth-order valence-corrected chi connectivity index (χ4v) is 2.40. The highest BCUT2D eigenvalue weighted by Crippen LogP contribution is 2.26. The van der Waals surface area contributed by atoms with Gasteiger partial charge in [0.1, 0.15) is 5.82 Å². The Kier molecular flexibility index (Phi) is 3.78. The van der Waals surface area contributed by atoms with E-state index < -0.39 is 0 Å². The molecule has 1 aliphatic rings. The van der Waals surface area contributed by atoms with Gasteiger partial charge in [-0.15, -0.1) is 0 Å². The van der Waals surface area contributed by atoms with Crippen LogP contribution >= 0.6 is 0 Å². The summed E-state index contributed by atoms with van der Waals surface area (Å²) in [6.45, 7) is 5.51. The number of nitrogens with zero attached hydrogens (tertiary/aromatic N) is 2. The number of hydrogen-bond acceptors (Lipinski definition) is 3. The van der Waals surface area contributed by atoms with E-state index in [0.29, 0.717) is 0 Å². The van der Waals surface area contributed by atoms with E-state index in [-0.39, 0.29) is 0 Å². The lowest BCUT2D eigenvalue weighted by molar-refractivity contribution is 0.568. The first-order valence-electron chi connectivity index (χ1n) is 6.18. The van der Waals surface area contributed by atoms with Crippen molar-refractivity contribution in [1.29, 1.82) is 0 Å². The lowest BCUT2D eigenvalue weighted by atomic mass is 10.1. The molecule has 0 radical (unpaired) electrons. The van der Waals surface area contributed by atoms with Crippen LogP contribution in [0.1, 0.15) is 25.3 Å². The van der Waals surface area contributed by atoms with Crippen molar-refractivity contribution in [3.8, 4) is 0 Å². The normalized spacial score (nSPS) is 20.4. The van der Waals surface area contributed by atoms with Gasteiger partial charge >= 0.3 is 0 Å². The SMILES string of the molecule is CCC1CCN(c2ncccc2CNC)C1. The number of hydrogen-bond donors (Lipinski definition) is 1. The average molecular weight is 219 g/mol. The minimum atomic E-state index is 0.851. The predicted octanol–water partition coefficient (Wildman–Crippen LogP) is 2.04. The van der Waals surface area contributed by atoms with E-state index in [1.165, 1.54) is 30.8 Å². The van der Waals surface area contributed by atoms with Crippen molar-refractivity contribution in [2.24, 2.45) is 5.92 Å². The van der Waals surface area contributed by atoms with E-state index >= 15 is 0 Å². The average Bonchev–Trinajstić information content (AvgIpc) is 2.79. The second-order valence-electron chi connectivity index (χ2n) is 4.53. The van der Waals surface area contributed by atoms with Gasteiger partial charge in [0.25, 0.3) is 0 Å². The van der Waals surface area contributed by atoms with Crippen LogP contribution in [-0.4, -0.2) is 25.1 Å². The lowest BCUT2D eigenvalue weighted by Crippen LogP contribution is -2.23. The molecule has 1 unspecified atom stereocenters. The summed E-state index contributed by atoms with van der Waals surface area (Å²) in [5.41, 5.74) is 1.31. The molecule has 1 aromatic heterocycles. The Labute approximate surface area is 97.9 Å². The third-order valence-corrected chi connectivity index (χ3v) is 3.40. The summed E-state index contributed by atoms with van der Waals surface area (Å²) in [5.74, 6) is 2.03. The number of rotatable bonds is 4. The Morgan fingerprint density at radius 1 is 1.56 bits per heavy atom. The molecule has 2 heterocycles. The fourth-order valence-electron chi connectivity index (χ4n) is 2.40. The Morgan fingerprint density at radius 2 is 2.44 bits per heavy atom. The highest BCUT2D eigenvalue weighted by molar-refractivity contribution is 5.47. The predicted molar refractivity (Wildman–Crippen MR) is 67.6 cm³/mol.